The molecule has 0 radical (unpaired) electrons. The lowest BCUT2D eigenvalue weighted by Gasteiger charge is -2.32. The van der Waals surface area contributed by atoms with Crippen LogP contribution in [0, 0.1) is 0 Å². The van der Waals surface area contributed by atoms with E-state index in [2.05, 4.69) is 31.6 Å². The van der Waals surface area contributed by atoms with Crippen LogP contribution in [-0.2, 0) is 11.3 Å². The third-order valence-corrected chi connectivity index (χ3v) is 4.61. The van der Waals surface area contributed by atoms with Gasteiger partial charge in [-0.3, -0.25) is 0 Å². The zero-order chi connectivity index (χ0) is 17.8. The Balaban J connectivity index is 1.71. The van der Waals surface area contributed by atoms with E-state index in [0.717, 1.165) is 44.1 Å². The topological polar surface area (TPSA) is 82.4 Å². The summed E-state index contributed by atoms with van der Waals surface area (Å²) < 4.78 is 12.1. The minimum Gasteiger partial charge on any atom is -0.480 e. The highest BCUT2D eigenvalue weighted by molar-refractivity contribution is 5.92. The van der Waals surface area contributed by atoms with Gasteiger partial charge in [-0.1, -0.05) is 0 Å². The maximum Gasteiger partial charge on any atom is 0.343 e. The number of hydrogen-bond acceptors (Lipinski definition) is 7. The van der Waals surface area contributed by atoms with E-state index in [4.69, 9.17) is 9.47 Å². The van der Waals surface area contributed by atoms with Crippen molar-refractivity contribution in [3.8, 4) is 5.88 Å². The number of ether oxygens (including phenoxy) is 2. The average Bonchev–Trinajstić information content (AvgIpc) is 3.15. The number of piperidine rings is 1. The molecule has 3 rings (SSSR count). The third kappa shape index (κ3) is 3.42. The van der Waals surface area contributed by atoms with Gasteiger partial charge in [-0.25, -0.2) is 4.79 Å². The zero-order valence-corrected chi connectivity index (χ0v) is 14.8. The lowest BCUT2D eigenvalue weighted by atomic mass is 9.96. The molecule has 2 aromatic heterocycles. The molecule has 0 N–H and O–H groups in total. The van der Waals surface area contributed by atoms with E-state index >= 15 is 0 Å². The number of aryl methyl sites for hydroxylation is 1. The predicted octanol–water partition coefficient (Wildman–Crippen LogP) is 1.87. The Labute approximate surface area is 146 Å². The van der Waals surface area contributed by atoms with Crippen LogP contribution < -0.4 is 9.64 Å². The highest BCUT2D eigenvalue weighted by Crippen LogP contribution is 2.30. The van der Waals surface area contributed by atoms with Crippen LogP contribution in [0.3, 0.4) is 0 Å². The Morgan fingerprint density at radius 1 is 1.28 bits per heavy atom. The Morgan fingerprint density at radius 3 is 2.68 bits per heavy atom. The van der Waals surface area contributed by atoms with Crippen LogP contribution in [0.1, 0.15) is 41.9 Å². The quantitative estimate of drug-likeness (QED) is 0.765. The highest BCUT2D eigenvalue weighted by Gasteiger charge is 2.26. The van der Waals surface area contributed by atoms with Crippen molar-refractivity contribution >= 4 is 11.8 Å². The van der Waals surface area contributed by atoms with Crippen molar-refractivity contribution < 1.29 is 14.3 Å². The molecule has 0 saturated carbocycles. The van der Waals surface area contributed by atoms with E-state index in [1.54, 1.807) is 12.4 Å². The summed E-state index contributed by atoms with van der Waals surface area (Å²) in [5.41, 5.74) is 0.333. The summed E-state index contributed by atoms with van der Waals surface area (Å²) in [5, 5.41) is 8.31. The molecule has 8 nitrogen and oxygen atoms in total. The molecular weight excluding hydrogens is 322 g/mol. The largest absolute Gasteiger partial charge is 0.480 e. The monoisotopic (exact) mass is 345 g/mol. The first kappa shape index (κ1) is 17.2. The van der Waals surface area contributed by atoms with E-state index in [1.165, 1.54) is 14.2 Å². The molecule has 25 heavy (non-hydrogen) atoms. The molecular formula is C17H23N5O3. The van der Waals surface area contributed by atoms with Crippen LogP contribution >= 0.6 is 0 Å². The number of esters is 1. The molecule has 1 aliphatic heterocycles. The van der Waals surface area contributed by atoms with Gasteiger partial charge in [0, 0.05) is 25.6 Å². The summed E-state index contributed by atoms with van der Waals surface area (Å²) >= 11 is 0. The maximum absolute atomic E-state index is 11.7. The second kappa shape index (κ2) is 7.50. The number of aromatic nitrogens is 4. The molecule has 134 valence electrons. The van der Waals surface area contributed by atoms with Crippen molar-refractivity contribution in [3.05, 3.63) is 29.8 Å². The fourth-order valence-electron chi connectivity index (χ4n) is 3.22. The number of methoxy groups -OCH3 is 2. The average molecular weight is 345 g/mol. The number of carbonyl (C=O) groups is 1. The molecule has 1 aliphatic rings. The minimum absolute atomic E-state index is 0.289. The smallest absolute Gasteiger partial charge is 0.343 e. The van der Waals surface area contributed by atoms with Gasteiger partial charge in [0.05, 0.1) is 14.2 Å². The normalized spacial score (nSPS) is 15.2. The van der Waals surface area contributed by atoms with Crippen LogP contribution in [0.2, 0.25) is 0 Å². The van der Waals surface area contributed by atoms with E-state index < -0.39 is 5.97 Å². The van der Waals surface area contributed by atoms with Crippen molar-refractivity contribution in [2.24, 2.45) is 0 Å². The molecule has 0 aliphatic carbocycles. The number of anilines is 1. The van der Waals surface area contributed by atoms with Crippen molar-refractivity contribution in [2.75, 3.05) is 32.2 Å². The van der Waals surface area contributed by atoms with Crippen molar-refractivity contribution in [1.29, 1.82) is 0 Å². The van der Waals surface area contributed by atoms with Gasteiger partial charge >= 0.3 is 5.97 Å². The molecule has 0 amide bonds. The number of carbonyl (C=O) groups excluding carboxylic acids is 1. The number of nitrogens with zero attached hydrogens (tertiary/aromatic N) is 5. The highest BCUT2D eigenvalue weighted by atomic mass is 16.5. The van der Waals surface area contributed by atoms with Gasteiger partial charge in [0.1, 0.15) is 23.5 Å². The summed E-state index contributed by atoms with van der Waals surface area (Å²) in [4.78, 5) is 18.4. The second-order valence-corrected chi connectivity index (χ2v) is 5.95. The zero-order valence-electron chi connectivity index (χ0n) is 14.8. The van der Waals surface area contributed by atoms with E-state index in [9.17, 15) is 4.79 Å². The van der Waals surface area contributed by atoms with Crippen LogP contribution in [0.25, 0.3) is 0 Å². The number of pyridine rings is 1. The Bertz CT molecular complexity index is 738. The van der Waals surface area contributed by atoms with Crippen LogP contribution in [0.5, 0.6) is 5.88 Å². The molecule has 3 heterocycles. The Morgan fingerprint density at radius 2 is 2.04 bits per heavy atom. The van der Waals surface area contributed by atoms with Gasteiger partial charge in [-0.05, 0) is 31.9 Å². The summed E-state index contributed by atoms with van der Waals surface area (Å²) in [6.07, 6.45) is 3.77. The van der Waals surface area contributed by atoms with Gasteiger partial charge in [-0.15, -0.1) is 10.2 Å². The van der Waals surface area contributed by atoms with Gasteiger partial charge < -0.3 is 18.9 Å². The first-order valence-electron chi connectivity index (χ1n) is 8.43. The maximum atomic E-state index is 11.7. The first-order valence-corrected chi connectivity index (χ1v) is 8.43. The fraction of sp³-hybridized carbons (Fsp3) is 0.529. The van der Waals surface area contributed by atoms with E-state index in [-0.39, 0.29) is 5.88 Å². The molecule has 0 unspecified atom stereocenters. The summed E-state index contributed by atoms with van der Waals surface area (Å²) in [5.74, 6) is 2.12. The molecule has 0 atom stereocenters. The number of hydrogen-bond donors (Lipinski definition) is 0. The lowest BCUT2D eigenvalue weighted by Crippen LogP contribution is -2.34. The SMILES string of the molecule is CCn1cnnc1C1CCN(c2ccc(C(=O)OC)c(OC)n2)CC1. The molecule has 8 heteroatoms. The summed E-state index contributed by atoms with van der Waals surface area (Å²) in [6, 6.07) is 3.54. The van der Waals surface area contributed by atoms with Crippen molar-refractivity contribution in [3.63, 3.8) is 0 Å². The molecule has 1 saturated heterocycles. The molecule has 0 spiro atoms. The summed E-state index contributed by atoms with van der Waals surface area (Å²) in [7, 11) is 2.85. The lowest BCUT2D eigenvalue weighted by molar-refractivity contribution is 0.0596. The standard InChI is InChI=1S/C17H23N5O3/c1-4-21-11-18-20-15(21)12-7-9-22(10-8-12)14-6-5-13(17(23)25-3)16(19-14)24-2/h5-6,11-12H,4,7-10H2,1-3H3. The van der Waals surface area contributed by atoms with Crippen LogP contribution in [-0.4, -0.2) is 53.0 Å². The van der Waals surface area contributed by atoms with Gasteiger partial charge in [0.2, 0.25) is 5.88 Å². The van der Waals surface area contributed by atoms with Crippen LogP contribution in [0.15, 0.2) is 18.5 Å². The minimum atomic E-state index is -0.450. The van der Waals surface area contributed by atoms with Crippen LogP contribution in [0.4, 0.5) is 5.82 Å². The number of rotatable bonds is 5. The van der Waals surface area contributed by atoms with Gasteiger partial charge in [-0.2, -0.15) is 4.98 Å². The first-order chi connectivity index (χ1) is 12.2. The fourth-order valence-corrected chi connectivity index (χ4v) is 3.22. The van der Waals surface area contributed by atoms with Crippen molar-refractivity contribution in [1.82, 2.24) is 19.7 Å². The second-order valence-electron chi connectivity index (χ2n) is 5.95. The van der Waals surface area contributed by atoms with E-state index in [0.29, 0.717) is 11.5 Å². The van der Waals surface area contributed by atoms with Crippen molar-refractivity contribution in [2.45, 2.75) is 32.2 Å². The molecule has 0 bridgehead atoms. The molecule has 2 aromatic rings. The molecule has 1 fully saturated rings. The predicted molar refractivity (Wildman–Crippen MR) is 92.0 cm³/mol. The van der Waals surface area contributed by atoms with Gasteiger partial charge in [0.15, 0.2) is 0 Å². The Kier molecular flexibility index (Phi) is 5.16. The Hall–Kier alpha value is -2.64. The molecule has 0 aromatic carbocycles. The van der Waals surface area contributed by atoms with Gasteiger partial charge in [0.25, 0.3) is 0 Å². The summed E-state index contributed by atoms with van der Waals surface area (Å²) in [6.45, 7) is 4.72. The van der Waals surface area contributed by atoms with E-state index in [1.807, 2.05) is 6.07 Å². The third-order valence-electron chi connectivity index (χ3n) is 4.61.